The number of nitrogens with zero attached hydrogens (tertiary/aromatic N) is 2. The van der Waals surface area contributed by atoms with E-state index in [-0.39, 0.29) is 11.5 Å². The molecule has 32 heavy (non-hydrogen) atoms. The summed E-state index contributed by atoms with van der Waals surface area (Å²) >= 11 is 1.25. The molecule has 0 bridgehead atoms. The molecule has 0 unspecified atom stereocenters. The van der Waals surface area contributed by atoms with Crippen LogP contribution in [0.4, 0.5) is 15.8 Å². The Balaban J connectivity index is 1.68. The van der Waals surface area contributed by atoms with Gasteiger partial charge in [0.2, 0.25) is 0 Å². The zero-order valence-corrected chi connectivity index (χ0v) is 18.7. The summed E-state index contributed by atoms with van der Waals surface area (Å²) in [5, 5.41) is 0. The number of hydrogen-bond donors (Lipinski definition) is 0. The van der Waals surface area contributed by atoms with Crippen LogP contribution in [0.3, 0.4) is 0 Å². The Labute approximate surface area is 190 Å². The number of carbonyl (C=O) groups excluding carboxylic acids is 2. The number of imide groups is 1. The summed E-state index contributed by atoms with van der Waals surface area (Å²) in [6.07, 6.45) is 1.57. The van der Waals surface area contributed by atoms with E-state index < -0.39 is 11.7 Å². The third-order valence-corrected chi connectivity index (χ3v) is 6.45. The maximum Gasteiger partial charge on any atom is 0.272 e. The first-order chi connectivity index (χ1) is 15.5. The van der Waals surface area contributed by atoms with Crippen LogP contribution in [-0.4, -0.2) is 24.9 Å². The third kappa shape index (κ3) is 4.21. The number of amides is 2. The maximum atomic E-state index is 13.5. The molecular formula is C25H23FN2O3S. The van der Waals surface area contributed by atoms with Gasteiger partial charge in [0, 0.05) is 18.8 Å². The maximum absolute atomic E-state index is 13.5. The molecule has 0 radical (unpaired) electrons. The second kappa shape index (κ2) is 9.44. The lowest BCUT2D eigenvalue weighted by Crippen LogP contribution is -2.31. The van der Waals surface area contributed by atoms with E-state index in [9.17, 15) is 14.0 Å². The zero-order valence-electron chi connectivity index (χ0n) is 17.9. The van der Waals surface area contributed by atoms with Crippen LogP contribution in [0.5, 0.6) is 0 Å². The van der Waals surface area contributed by atoms with Crippen molar-refractivity contribution in [3.8, 4) is 0 Å². The molecule has 0 fully saturated rings. The fraction of sp³-hybridized carbons (Fsp3) is 0.200. The second-order valence-electron chi connectivity index (χ2n) is 7.21. The number of carbonyl (C=O) groups is 2. The predicted octanol–water partition coefficient (Wildman–Crippen LogP) is 5.48. The first-order valence-electron chi connectivity index (χ1n) is 10.4. The van der Waals surface area contributed by atoms with E-state index in [1.807, 2.05) is 18.2 Å². The molecule has 0 N–H and O–H groups in total. The van der Waals surface area contributed by atoms with Gasteiger partial charge in [0.1, 0.15) is 11.6 Å². The van der Waals surface area contributed by atoms with Crippen LogP contribution >= 0.6 is 11.8 Å². The molecular weight excluding hydrogens is 427 g/mol. The molecule has 1 aromatic heterocycles. The summed E-state index contributed by atoms with van der Waals surface area (Å²) in [6.45, 7) is 5.88. The van der Waals surface area contributed by atoms with Gasteiger partial charge in [-0.2, -0.15) is 0 Å². The van der Waals surface area contributed by atoms with Crippen molar-refractivity contribution < 1.29 is 18.4 Å². The molecule has 1 aliphatic heterocycles. The van der Waals surface area contributed by atoms with Gasteiger partial charge in [0.15, 0.2) is 0 Å². The van der Waals surface area contributed by atoms with E-state index in [1.165, 1.54) is 40.9 Å². The van der Waals surface area contributed by atoms with Gasteiger partial charge in [-0.15, -0.1) is 11.8 Å². The van der Waals surface area contributed by atoms with E-state index in [1.54, 1.807) is 24.5 Å². The van der Waals surface area contributed by atoms with Crippen LogP contribution in [0.2, 0.25) is 0 Å². The summed E-state index contributed by atoms with van der Waals surface area (Å²) in [4.78, 5) is 30.5. The highest BCUT2D eigenvalue weighted by molar-refractivity contribution is 8.03. The van der Waals surface area contributed by atoms with Crippen molar-refractivity contribution in [1.82, 2.24) is 0 Å². The average Bonchev–Trinajstić information content (AvgIpc) is 3.40. The van der Waals surface area contributed by atoms with E-state index in [0.717, 1.165) is 18.8 Å². The quantitative estimate of drug-likeness (QED) is 0.425. The van der Waals surface area contributed by atoms with Gasteiger partial charge >= 0.3 is 0 Å². The minimum Gasteiger partial charge on any atom is -0.468 e. The number of hydrogen-bond acceptors (Lipinski definition) is 5. The Morgan fingerprint density at radius 3 is 2.22 bits per heavy atom. The van der Waals surface area contributed by atoms with Gasteiger partial charge in [-0.25, -0.2) is 9.29 Å². The Kier molecular flexibility index (Phi) is 6.46. The second-order valence-corrected chi connectivity index (χ2v) is 8.20. The van der Waals surface area contributed by atoms with Crippen molar-refractivity contribution in [2.75, 3.05) is 22.9 Å². The average molecular weight is 451 g/mol. The highest BCUT2D eigenvalue weighted by Crippen LogP contribution is 2.40. The molecule has 2 amide bonds. The van der Waals surface area contributed by atoms with Crippen LogP contribution in [0.1, 0.15) is 25.2 Å². The molecule has 7 heteroatoms. The van der Waals surface area contributed by atoms with E-state index >= 15 is 0 Å². The number of benzene rings is 2. The van der Waals surface area contributed by atoms with Crippen LogP contribution in [-0.2, 0) is 15.3 Å². The molecule has 0 spiro atoms. The standard InChI is InChI=1S/C25H23FN2O3S/c1-3-27(4-2)19-11-13-20(14-12-19)28-24(29)22(17-7-9-18(26)10-8-17)23(25(28)30)32-16-21-6-5-15-31-21/h5-15H,3-4,16H2,1-2H3. The molecule has 4 rings (SSSR count). The van der Waals surface area contributed by atoms with Crippen LogP contribution in [0, 0.1) is 5.82 Å². The normalized spacial score (nSPS) is 13.9. The van der Waals surface area contributed by atoms with Crippen molar-refractivity contribution in [1.29, 1.82) is 0 Å². The van der Waals surface area contributed by atoms with Crippen molar-refractivity contribution >= 4 is 40.5 Å². The molecule has 5 nitrogen and oxygen atoms in total. The third-order valence-electron chi connectivity index (χ3n) is 5.35. The molecule has 0 saturated carbocycles. The largest absolute Gasteiger partial charge is 0.468 e. The number of furan rings is 1. The first-order valence-corrected chi connectivity index (χ1v) is 11.4. The summed E-state index contributed by atoms with van der Waals surface area (Å²) < 4.78 is 18.9. The lowest BCUT2D eigenvalue weighted by Gasteiger charge is -2.22. The Morgan fingerprint density at radius 2 is 1.62 bits per heavy atom. The SMILES string of the molecule is CCN(CC)c1ccc(N2C(=O)C(SCc3ccco3)=C(c3ccc(F)cc3)C2=O)cc1. The van der Waals surface area contributed by atoms with Crippen molar-refractivity contribution in [3.63, 3.8) is 0 Å². The van der Waals surface area contributed by atoms with E-state index in [2.05, 4.69) is 18.7 Å². The molecule has 0 saturated heterocycles. The van der Waals surface area contributed by atoms with Gasteiger partial charge in [-0.3, -0.25) is 9.59 Å². The number of halogens is 1. The monoisotopic (exact) mass is 450 g/mol. The number of anilines is 2. The fourth-order valence-electron chi connectivity index (χ4n) is 3.69. The minimum absolute atomic E-state index is 0.277. The van der Waals surface area contributed by atoms with E-state index in [0.29, 0.717) is 27.7 Å². The molecule has 2 heterocycles. The Morgan fingerprint density at radius 1 is 0.938 bits per heavy atom. The highest BCUT2D eigenvalue weighted by atomic mass is 32.2. The predicted molar refractivity (Wildman–Crippen MR) is 126 cm³/mol. The topological polar surface area (TPSA) is 53.8 Å². The van der Waals surface area contributed by atoms with Crippen LogP contribution in [0.25, 0.3) is 5.57 Å². The smallest absolute Gasteiger partial charge is 0.272 e. The van der Waals surface area contributed by atoms with Gasteiger partial charge in [-0.05, 0) is 67.9 Å². The van der Waals surface area contributed by atoms with Gasteiger partial charge < -0.3 is 9.32 Å². The lowest BCUT2D eigenvalue weighted by atomic mass is 10.1. The van der Waals surface area contributed by atoms with Crippen LogP contribution < -0.4 is 9.80 Å². The molecule has 0 atom stereocenters. The first kappa shape index (κ1) is 21.9. The Bertz CT molecular complexity index is 1130. The molecule has 0 aliphatic carbocycles. The summed E-state index contributed by atoms with van der Waals surface area (Å²) in [7, 11) is 0. The van der Waals surface area contributed by atoms with Crippen molar-refractivity contribution in [2.24, 2.45) is 0 Å². The van der Waals surface area contributed by atoms with Crippen molar-refractivity contribution in [3.05, 3.63) is 89.0 Å². The van der Waals surface area contributed by atoms with Gasteiger partial charge in [-0.1, -0.05) is 12.1 Å². The number of thioether (sulfide) groups is 1. The fourth-order valence-corrected chi connectivity index (χ4v) is 4.70. The molecule has 3 aromatic rings. The molecule has 164 valence electrons. The Hall–Kier alpha value is -3.32. The molecule has 1 aliphatic rings. The number of rotatable bonds is 8. The summed E-state index contributed by atoms with van der Waals surface area (Å²) in [6, 6.07) is 16.6. The van der Waals surface area contributed by atoms with Gasteiger partial charge in [0.25, 0.3) is 11.8 Å². The zero-order chi connectivity index (χ0) is 22.7. The molecule has 2 aromatic carbocycles. The highest BCUT2D eigenvalue weighted by Gasteiger charge is 2.40. The lowest BCUT2D eigenvalue weighted by molar-refractivity contribution is -0.119. The van der Waals surface area contributed by atoms with E-state index in [4.69, 9.17) is 4.42 Å². The summed E-state index contributed by atoms with van der Waals surface area (Å²) in [5.41, 5.74) is 2.31. The summed E-state index contributed by atoms with van der Waals surface area (Å²) in [5.74, 6) is -0.107. The van der Waals surface area contributed by atoms with Crippen LogP contribution in [0.15, 0.2) is 76.2 Å². The van der Waals surface area contributed by atoms with Gasteiger partial charge in [0.05, 0.1) is 28.2 Å². The van der Waals surface area contributed by atoms with Crippen molar-refractivity contribution in [2.45, 2.75) is 19.6 Å². The minimum atomic E-state index is -0.417.